The Kier molecular flexibility index (Phi) is 4.17. The SMILES string of the molecule is Cc1cc(NCCc2[nH]cnc2-c2cccs2)nc(Cl)n1. The minimum Gasteiger partial charge on any atom is -0.370 e. The van der Waals surface area contributed by atoms with Crippen LogP contribution >= 0.6 is 22.9 Å². The quantitative estimate of drug-likeness (QED) is 0.706. The number of imidazole rings is 1. The van der Waals surface area contributed by atoms with Gasteiger partial charge in [-0.3, -0.25) is 0 Å². The highest BCUT2D eigenvalue weighted by atomic mass is 35.5. The Labute approximate surface area is 131 Å². The molecule has 0 saturated carbocycles. The summed E-state index contributed by atoms with van der Waals surface area (Å²) in [6.07, 6.45) is 2.56. The van der Waals surface area contributed by atoms with Crippen LogP contribution in [0.5, 0.6) is 0 Å². The van der Waals surface area contributed by atoms with Crippen LogP contribution in [-0.4, -0.2) is 26.5 Å². The van der Waals surface area contributed by atoms with Crippen LogP contribution in [-0.2, 0) is 6.42 Å². The average Bonchev–Trinajstić information content (AvgIpc) is 3.07. The van der Waals surface area contributed by atoms with Crippen molar-refractivity contribution in [2.45, 2.75) is 13.3 Å². The largest absolute Gasteiger partial charge is 0.370 e. The van der Waals surface area contributed by atoms with Crippen LogP contribution in [0.1, 0.15) is 11.4 Å². The van der Waals surface area contributed by atoms with Crippen LogP contribution < -0.4 is 5.32 Å². The number of rotatable bonds is 5. The zero-order valence-electron chi connectivity index (χ0n) is 11.4. The molecule has 0 aromatic carbocycles. The van der Waals surface area contributed by atoms with E-state index < -0.39 is 0 Å². The topological polar surface area (TPSA) is 66.5 Å². The zero-order valence-corrected chi connectivity index (χ0v) is 13.0. The van der Waals surface area contributed by atoms with Gasteiger partial charge in [-0.2, -0.15) is 0 Å². The fourth-order valence-corrected chi connectivity index (χ4v) is 3.05. The summed E-state index contributed by atoms with van der Waals surface area (Å²) in [4.78, 5) is 17.0. The number of hydrogen-bond acceptors (Lipinski definition) is 5. The number of aryl methyl sites for hydroxylation is 1. The Hall–Kier alpha value is -1.92. The summed E-state index contributed by atoms with van der Waals surface area (Å²) in [7, 11) is 0. The van der Waals surface area contributed by atoms with Gasteiger partial charge in [0.2, 0.25) is 5.28 Å². The summed E-state index contributed by atoms with van der Waals surface area (Å²) in [6.45, 7) is 2.63. The molecule has 0 aliphatic carbocycles. The predicted octanol–water partition coefficient (Wildman–Crippen LogP) is 3.54. The molecule has 0 bridgehead atoms. The van der Waals surface area contributed by atoms with Gasteiger partial charge in [-0.15, -0.1) is 11.3 Å². The molecule has 0 aliphatic heterocycles. The Morgan fingerprint density at radius 1 is 1.38 bits per heavy atom. The molecule has 0 radical (unpaired) electrons. The summed E-state index contributed by atoms with van der Waals surface area (Å²) in [6, 6.07) is 5.98. The second-order valence-corrected chi connectivity index (χ2v) is 5.83. The Morgan fingerprint density at radius 3 is 3.05 bits per heavy atom. The van der Waals surface area contributed by atoms with E-state index in [1.54, 1.807) is 17.7 Å². The number of hydrogen-bond donors (Lipinski definition) is 2. The van der Waals surface area contributed by atoms with Crippen molar-refractivity contribution in [2.75, 3.05) is 11.9 Å². The molecular weight excluding hydrogens is 306 g/mol. The van der Waals surface area contributed by atoms with E-state index in [0.29, 0.717) is 0 Å². The standard InChI is InChI=1S/C14H14ClN5S/c1-9-7-12(20-14(15)19-9)16-5-4-10-13(18-8-17-10)11-3-2-6-21-11/h2-3,6-8H,4-5H2,1H3,(H,17,18)(H,16,19,20). The molecule has 5 nitrogen and oxygen atoms in total. The van der Waals surface area contributed by atoms with Crippen molar-refractivity contribution in [2.24, 2.45) is 0 Å². The zero-order chi connectivity index (χ0) is 14.7. The first-order chi connectivity index (χ1) is 10.2. The van der Waals surface area contributed by atoms with Crippen molar-refractivity contribution in [3.05, 3.63) is 46.6 Å². The summed E-state index contributed by atoms with van der Waals surface area (Å²) < 4.78 is 0. The molecule has 3 aromatic rings. The van der Waals surface area contributed by atoms with Crippen LogP contribution in [0.15, 0.2) is 29.9 Å². The van der Waals surface area contributed by atoms with Crippen LogP contribution in [0.2, 0.25) is 5.28 Å². The van der Waals surface area contributed by atoms with Gasteiger partial charge in [-0.25, -0.2) is 15.0 Å². The van der Waals surface area contributed by atoms with E-state index in [-0.39, 0.29) is 5.28 Å². The minimum absolute atomic E-state index is 0.262. The smallest absolute Gasteiger partial charge is 0.224 e. The lowest BCUT2D eigenvalue weighted by Gasteiger charge is -2.06. The first-order valence-corrected chi connectivity index (χ1v) is 7.79. The minimum atomic E-state index is 0.262. The van der Waals surface area contributed by atoms with Gasteiger partial charge in [0, 0.05) is 30.4 Å². The highest BCUT2D eigenvalue weighted by Crippen LogP contribution is 2.25. The van der Waals surface area contributed by atoms with Crippen molar-refractivity contribution in [1.82, 2.24) is 19.9 Å². The van der Waals surface area contributed by atoms with E-state index in [1.807, 2.05) is 19.1 Å². The molecule has 0 fully saturated rings. The number of halogens is 1. The maximum atomic E-state index is 5.84. The molecule has 108 valence electrons. The average molecular weight is 320 g/mol. The maximum absolute atomic E-state index is 5.84. The van der Waals surface area contributed by atoms with Crippen LogP contribution in [0.3, 0.4) is 0 Å². The van der Waals surface area contributed by atoms with Crippen LogP contribution in [0, 0.1) is 6.92 Å². The van der Waals surface area contributed by atoms with Crippen molar-refractivity contribution >= 4 is 28.8 Å². The molecule has 0 atom stereocenters. The van der Waals surface area contributed by atoms with Crippen molar-refractivity contribution < 1.29 is 0 Å². The molecular formula is C14H14ClN5S. The van der Waals surface area contributed by atoms with Gasteiger partial charge in [-0.05, 0) is 30.0 Å². The number of H-pyrrole nitrogens is 1. The number of aromatic nitrogens is 4. The summed E-state index contributed by atoms with van der Waals surface area (Å²) in [5.74, 6) is 0.740. The maximum Gasteiger partial charge on any atom is 0.224 e. The number of nitrogens with one attached hydrogen (secondary N) is 2. The molecule has 21 heavy (non-hydrogen) atoms. The first kappa shape index (κ1) is 14.0. The van der Waals surface area contributed by atoms with Crippen LogP contribution in [0.25, 0.3) is 10.6 Å². The van der Waals surface area contributed by atoms with Crippen molar-refractivity contribution in [1.29, 1.82) is 0 Å². The third-order valence-corrected chi connectivity index (χ3v) is 4.03. The fraction of sp³-hybridized carbons (Fsp3) is 0.214. The highest BCUT2D eigenvalue weighted by molar-refractivity contribution is 7.13. The van der Waals surface area contributed by atoms with Gasteiger partial charge in [0.05, 0.1) is 11.2 Å². The molecule has 0 saturated heterocycles. The van der Waals surface area contributed by atoms with E-state index in [1.165, 1.54) is 4.88 Å². The molecule has 0 amide bonds. The lowest BCUT2D eigenvalue weighted by atomic mass is 10.2. The molecule has 3 rings (SSSR count). The van der Waals surface area contributed by atoms with Gasteiger partial charge in [-0.1, -0.05) is 6.07 Å². The predicted molar refractivity (Wildman–Crippen MR) is 85.9 cm³/mol. The Morgan fingerprint density at radius 2 is 2.29 bits per heavy atom. The Bertz CT molecular complexity index is 703. The van der Waals surface area contributed by atoms with E-state index in [0.717, 1.165) is 35.9 Å². The molecule has 3 heterocycles. The fourth-order valence-electron chi connectivity index (χ4n) is 2.08. The lowest BCUT2D eigenvalue weighted by molar-refractivity contribution is 0.963. The number of anilines is 1. The molecule has 2 N–H and O–H groups in total. The van der Waals surface area contributed by atoms with E-state index >= 15 is 0 Å². The van der Waals surface area contributed by atoms with Crippen molar-refractivity contribution in [3.63, 3.8) is 0 Å². The molecule has 7 heteroatoms. The monoisotopic (exact) mass is 319 g/mol. The van der Waals surface area contributed by atoms with E-state index in [9.17, 15) is 0 Å². The molecule has 3 aromatic heterocycles. The third kappa shape index (κ3) is 3.40. The summed E-state index contributed by atoms with van der Waals surface area (Å²) >= 11 is 7.53. The lowest BCUT2D eigenvalue weighted by Crippen LogP contribution is -2.08. The van der Waals surface area contributed by atoms with E-state index in [4.69, 9.17) is 11.6 Å². The molecule has 0 aliphatic rings. The molecule has 0 unspecified atom stereocenters. The van der Waals surface area contributed by atoms with Gasteiger partial charge < -0.3 is 10.3 Å². The number of thiophene rings is 1. The molecule has 0 spiro atoms. The third-order valence-electron chi connectivity index (χ3n) is 2.98. The normalized spacial score (nSPS) is 10.8. The Balaban J connectivity index is 1.65. The summed E-state index contributed by atoms with van der Waals surface area (Å²) in [5.41, 5.74) is 2.98. The highest BCUT2D eigenvalue weighted by Gasteiger charge is 2.09. The van der Waals surface area contributed by atoms with Gasteiger partial charge in [0.1, 0.15) is 11.5 Å². The number of nitrogens with zero attached hydrogens (tertiary/aromatic N) is 3. The van der Waals surface area contributed by atoms with E-state index in [2.05, 4.69) is 36.7 Å². The van der Waals surface area contributed by atoms with Gasteiger partial charge in [0.15, 0.2) is 0 Å². The van der Waals surface area contributed by atoms with Crippen molar-refractivity contribution in [3.8, 4) is 10.6 Å². The van der Waals surface area contributed by atoms with Crippen LogP contribution in [0.4, 0.5) is 5.82 Å². The van der Waals surface area contributed by atoms with Gasteiger partial charge >= 0.3 is 0 Å². The second-order valence-electron chi connectivity index (χ2n) is 4.55. The van der Waals surface area contributed by atoms with Gasteiger partial charge in [0.25, 0.3) is 0 Å². The second kappa shape index (κ2) is 6.24. The number of aromatic amines is 1. The summed E-state index contributed by atoms with van der Waals surface area (Å²) in [5, 5.41) is 5.57. The first-order valence-electron chi connectivity index (χ1n) is 6.53.